The summed E-state index contributed by atoms with van der Waals surface area (Å²) in [7, 11) is 0. The predicted molar refractivity (Wildman–Crippen MR) is 86.1 cm³/mol. The summed E-state index contributed by atoms with van der Waals surface area (Å²) in [5, 5.41) is 3.50. The summed E-state index contributed by atoms with van der Waals surface area (Å²) in [6.07, 6.45) is 0.928. The molecule has 0 saturated heterocycles. The Labute approximate surface area is 131 Å². The summed E-state index contributed by atoms with van der Waals surface area (Å²) in [5.74, 6) is 1.66. The van der Waals surface area contributed by atoms with Gasteiger partial charge in [0, 0.05) is 23.1 Å². The lowest BCUT2D eigenvalue weighted by Crippen LogP contribution is -2.05. The van der Waals surface area contributed by atoms with Crippen LogP contribution in [0.4, 0.5) is 5.69 Å². The number of hydrogen-bond donors (Lipinski definition) is 1. The fraction of sp³-hybridized carbons (Fsp3) is 0.333. The Balaban J connectivity index is 1.76. The number of halogens is 1. The van der Waals surface area contributed by atoms with Gasteiger partial charge in [0.25, 0.3) is 0 Å². The van der Waals surface area contributed by atoms with E-state index in [1.807, 2.05) is 18.2 Å². The number of benzene rings is 1. The zero-order valence-corrected chi connectivity index (χ0v) is 13.6. The average molecular weight is 354 g/mol. The van der Waals surface area contributed by atoms with Crippen LogP contribution in [0.2, 0.25) is 0 Å². The van der Waals surface area contributed by atoms with Crippen LogP contribution in [0.5, 0.6) is 11.5 Å². The molecule has 20 heavy (non-hydrogen) atoms. The van der Waals surface area contributed by atoms with Gasteiger partial charge in [0.15, 0.2) is 11.5 Å². The minimum Gasteiger partial charge on any atom is -0.490 e. The van der Waals surface area contributed by atoms with Crippen LogP contribution in [0.1, 0.15) is 24.3 Å². The molecule has 5 heteroatoms. The van der Waals surface area contributed by atoms with Gasteiger partial charge in [-0.3, -0.25) is 0 Å². The summed E-state index contributed by atoms with van der Waals surface area (Å²) in [6, 6.07) is 10.5. The zero-order valence-electron chi connectivity index (χ0n) is 11.2. The van der Waals surface area contributed by atoms with E-state index in [2.05, 4.69) is 40.3 Å². The van der Waals surface area contributed by atoms with Crippen LogP contribution in [-0.4, -0.2) is 13.2 Å². The molecule has 0 radical (unpaired) electrons. The summed E-state index contributed by atoms with van der Waals surface area (Å²) in [6.45, 7) is 3.59. The standard InChI is InChI=1S/C15H16BrNO2S/c1-10(14-5-6-15(16)20-14)17-11-3-4-12-13(9-11)19-8-2-7-18-12/h3-6,9-10,17H,2,7-8H2,1H3. The van der Waals surface area contributed by atoms with Crippen LogP contribution in [0.3, 0.4) is 0 Å². The topological polar surface area (TPSA) is 30.5 Å². The van der Waals surface area contributed by atoms with Crippen molar-refractivity contribution < 1.29 is 9.47 Å². The van der Waals surface area contributed by atoms with Crippen LogP contribution in [-0.2, 0) is 0 Å². The second-order valence-corrected chi connectivity index (χ2v) is 7.21. The fourth-order valence-electron chi connectivity index (χ4n) is 2.14. The smallest absolute Gasteiger partial charge is 0.163 e. The van der Waals surface area contributed by atoms with E-state index in [1.54, 1.807) is 11.3 Å². The Morgan fingerprint density at radius 3 is 2.70 bits per heavy atom. The predicted octanol–water partition coefficient (Wildman–Crippen LogP) is 4.85. The maximum absolute atomic E-state index is 5.71. The molecule has 2 heterocycles. The summed E-state index contributed by atoms with van der Waals surface area (Å²) >= 11 is 5.24. The quantitative estimate of drug-likeness (QED) is 0.855. The number of anilines is 1. The number of rotatable bonds is 3. The third-order valence-electron chi connectivity index (χ3n) is 3.15. The van der Waals surface area contributed by atoms with Crippen molar-refractivity contribution in [2.75, 3.05) is 18.5 Å². The SMILES string of the molecule is CC(Nc1ccc2c(c1)OCCCO2)c1ccc(Br)s1. The first kappa shape index (κ1) is 13.8. The molecule has 1 aliphatic rings. The molecule has 1 aromatic heterocycles. The zero-order chi connectivity index (χ0) is 13.9. The Bertz CT molecular complexity index is 599. The molecule has 3 rings (SSSR count). The van der Waals surface area contributed by atoms with Crippen LogP contribution >= 0.6 is 27.3 Å². The van der Waals surface area contributed by atoms with E-state index in [4.69, 9.17) is 9.47 Å². The van der Waals surface area contributed by atoms with Gasteiger partial charge in [-0.2, -0.15) is 0 Å². The van der Waals surface area contributed by atoms with E-state index in [0.29, 0.717) is 6.61 Å². The van der Waals surface area contributed by atoms with E-state index >= 15 is 0 Å². The van der Waals surface area contributed by atoms with E-state index in [1.165, 1.54) is 4.88 Å². The monoisotopic (exact) mass is 353 g/mol. The van der Waals surface area contributed by atoms with Crippen LogP contribution in [0.25, 0.3) is 0 Å². The van der Waals surface area contributed by atoms with Gasteiger partial charge < -0.3 is 14.8 Å². The van der Waals surface area contributed by atoms with Gasteiger partial charge in [0.05, 0.1) is 23.0 Å². The van der Waals surface area contributed by atoms with Crippen molar-refractivity contribution in [3.8, 4) is 11.5 Å². The highest BCUT2D eigenvalue weighted by Gasteiger charge is 2.13. The molecule has 1 N–H and O–H groups in total. The number of ether oxygens (including phenoxy) is 2. The third-order valence-corrected chi connectivity index (χ3v) is 4.96. The second-order valence-electron chi connectivity index (χ2n) is 4.72. The first-order chi connectivity index (χ1) is 9.72. The summed E-state index contributed by atoms with van der Waals surface area (Å²) < 4.78 is 12.5. The molecule has 1 unspecified atom stereocenters. The molecular weight excluding hydrogens is 338 g/mol. The van der Waals surface area contributed by atoms with Crippen molar-refractivity contribution in [3.05, 3.63) is 39.0 Å². The molecule has 3 nitrogen and oxygen atoms in total. The molecule has 0 aliphatic carbocycles. The largest absolute Gasteiger partial charge is 0.490 e. The van der Waals surface area contributed by atoms with E-state index in [-0.39, 0.29) is 6.04 Å². The van der Waals surface area contributed by atoms with E-state index in [0.717, 1.165) is 34.0 Å². The molecule has 0 fully saturated rings. The highest BCUT2D eigenvalue weighted by molar-refractivity contribution is 9.11. The number of nitrogens with one attached hydrogen (secondary N) is 1. The molecule has 1 atom stereocenters. The van der Waals surface area contributed by atoms with Gasteiger partial charge in [0.2, 0.25) is 0 Å². The Morgan fingerprint density at radius 2 is 1.95 bits per heavy atom. The van der Waals surface area contributed by atoms with Gasteiger partial charge >= 0.3 is 0 Å². The summed E-state index contributed by atoms with van der Waals surface area (Å²) in [4.78, 5) is 1.30. The van der Waals surface area contributed by atoms with Crippen molar-refractivity contribution in [3.63, 3.8) is 0 Å². The first-order valence-corrected chi connectivity index (χ1v) is 8.25. The van der Waals surface area contributed by atoms with Crippen LogP contribution in [0, 0.1) is 0 Å². The van der Waals surface area contributed by atoms with Gasteiger partial charge in [-0.25, -0.2) is 0 Å². The highest BCUT2D eigenvalue weighted by Crippen LogP contribution is 2.34. The minimum atomic E-state index is 0.260. The normalized spacial score (nSPS) is 15.5. The van der Waals surface area contributed by atoms with Gasteiger partial charge in [-0.05, 0) is 47.1 Å². The molecule has 0 spiro atoms. The lowest BCUT2D eigenvalue weighted by atomic mass is 10.2. The Hall–Kier alpha value is -1.20. The van der Waals surface area contributed by atoms with Crippen molar-refractivity contribution in [2.45, 2.75) is 19.4 Å². The van der Waals surface area contributed by atoms with Crippen LogP contribution < -0.4 is 14.8 Å². The van der Waals surface area contributed by atoms with Crippen molar-refractivity contribution >= 4 is 33.0 Å². The molecule has 106 valence electrons. The minimum absolute atomic E-state index is 0.260. The molecule has 1 aromatic carbocycles. The molecule has 0 bridgehead atoms. The fourth-order valence-corrected chi connectivity index (χ4v) is 3.56. The van der Waals surface area contributed by atoms with E-state index in [9.17, 15) is 0 Å². The van der Waals surface area contributed by atoms with Crippen molar-refractivity contribution in [2.24, 2.45) is 0 Å². The maximum atomic E-state index is 5.71. The maximum Gasteiger partial charge on any atom is 0.163 e. The second kappa shape index (κ2) is 6.06. The van der Waals surface area contributed by atoms with Crippen molar-refractivity contribution in [1.82, 2.24) is 0 Å². The Morgan fingerprint density at radius 1 is 1.15 bits per heavy atom. The molecular formula is C15H16BrNO2S. The number of hydrogen-bond acceptors (Lipinski definition) is 4. The molecule has 0 amide bonds. The van der Waals surface area contributed by atoms with Crippen LogP contribution in [0.15, 0.2) is 34.1 Å². The molecule has 2 aromatic rings. The first-order valence-electron chi connectivity index (χ1n) is 6.64. The number of fused-ring (bicyclic) bond motifs is 1. The van der Waals surface area contributed by atoms with Crippen molar-refractivity contribution in [1.29, 1.82) is 0 Å². The van der Waals surface area contributed by atoms with E-state index < -0.39 is 0 Å². The Kier molecular flexibility index (Phi) is 4.17. The highest BCUT2D eigenvalue weighted by atomic mass is 79.9. The lowest BCUT2D eigenvalue weighted by Gasteiger charge is -2.15. The van der Waals surface area contributed by atoms with Gasteiger partial charge in [-0.15, -0.1) is 11.3 Å². The number of thiophene rings is 1. The third kappa shape index (κ3) is 3.10. The average Bonchev–Trinajstić information content (AvgIpc) is 2.74. The van der Waals surface area contributed by atoms with Gasteiger partial charge in [0.1, 0.15) is 0 Å². The molecule has 0 saturated carbocycles. The molecule has 1 aliphatic heterocycles. The summed E-state index contributed by atoms with van der Waals surface area (Å²) in [5.41, 5.74) is 1.05. The lowest BCUT2D eigenvalue weighted by molar-refractivity contribution is 0.297. The van der Waals surface area contributed by atoms with Gasteiger partial charge in [-0.1, -0.05) is 0 Å².